The summed E-state index contributed by atoms with van der Waals surface area (Å²) in [5.74, 6) is 1.11. The average molecular weight is 298 g/mol. The fourth-order valence-electron chi connectivity index (χ4n) is 2.47. The van der Waals surface area contributed by atoms with Crippen LogP contribution >= 0.6 is 15.9 Å². The highest BCUT2D eigenvalue weighted by Gasteiger charge is 2.23. The molecule has 1 aliphatic rings. The normalized spacial score (nSPS) is 14.6. The summed E-state index contributed by atoms with van der Waals surface area (Å²) in [4.78, 5) is 0. The van der Waals surface area contributed by atoms with Crippen LogP contribution in [0.25, 0.3) is 0 Å². The second-order valence-corrected chi connectivity index (χ2v) is 6.45. The van der Waals surface area contributed by atoms with Crippen LogP contribution < -0.4 is 10.5 Å². The highest BCUT2D eigenvalue weighted by Crippen LogP contribution is 2.37. The number of ether oxygens (including phenoxy) is 1. The number of hydrogen-bond acceptors (Lipinski definition) is 2. The molecule has 0 aliphatic carbocycles. The summed E-state index contributed by atoms with van der Waals surface area (Å²) < 4.78 is 6.91. The number of fused-ring (bicyclic) bond motifs is 1. The smallest absolute Gasteiger partial charge is 0.125 e. The number of nitrogens with two attached hydrogens (primary N) is 1. The van der Waals surface area contributed by atoms with E-state index in [1.807, 2.05) is 0 Å². The van der Waals surface area contributed by atoms with Gasteiger partial charge in [0.15, 0.2) is 0 Å². The summed E-state index contributed by atoms with van der Waals surface area (Å²) in [6.07, 6.45) is 3.08. The molecule has 0 saturated carbocycles. The molecule has 2 N–H and O–H groups in total. The van der Waals surface area contributed by atoms with Gasteiger partial charge in [0, 0.05) is 10.9 Å². The summed E-state index contributed by atoms with van der Waals surface area (Å²) in [5, 5.41) is 0. The van der Waals surface area contributed by atoms with E-state index < -0.39 is 0 Å². The van der Waals surface area contributed by atoms with Gasteiger partial charge in [0.2, 0.25) is 0 Å². The number of halogens is 1. The molecule has 0 aromatic heterocycles. The van der Waals surface area contributed by atoms with Gasteiger partial charge in [-0.25, -0.2) is 0 Å². The second kappa shape index (κ2) is 4.99. The Morgan fingerprint density at radius 3 is 2.88 bits per heavy atom. The van der Waals surface area contributed by atoms with Crippen LogP contribution in [0.3, 0.4) is 0 Å². The van der Waals surface area contributed by atoms with Gasteiger partial charge in [-0.15, -0.1) is 0 Å². The molecule has 0 fully saturated rings. The van der Waals surface area contributed by atoms with Crippen molar-refractivity contribution in [3.63, 3.8) is 0 Å². The van der Waals surface area contributed by atoms with Crippen molar-refractivity contribution in [2.24, 2.45) is 11.1 Å². The zero-order chi connectivity index (χ0) is 12.5. The van der Waals surface area contributed by atoms with E-state index in [4.69, 9.17) is 10.5 Å². The third kappa shape index (κ3) is 3.02. The Labute approximate surface area is 112 Å². The molecule has 2 rings (SSSR count). The zero-order valence-corrected chi connectivity index (χ0v) is 12.1. The van der Waals surface area contributed by atoms with Gasteiger partial charge in [-0.3, -0.25) is 0 Å². The number of rotatable bonds is 4. The van der Waals surface area contributed by atoms with Gasteiger partial charge in [0.25, 0.3) is 0 Å². The Bertz CT molecular complexity index is 415. The van der Waals surface area contributed by atoms with Crippen LogP contribution in [0, 0.1) is 5.41 Å². The van der Waals surface area contributed by atoms with E-state index in [1.165, 1.54) is 11.1 Å². The fourth-order valence-corrected chi connectivity index (χ4v) is 3.02. The lowest BCUT2D eigenvalue weighted by Gasteiger charge is -2.25. The zero-order valence-electron chi connectivity index (χ0n) is 10.6. The molecule has 0 bridgehead atoms. The van der Waals surface area contributed by atoms with Crippen molar-refractivity contribution in [3.05, 3.63) is 27.7 Å². The molecular formula is C14H20BrNO. The summed E-state index contributed by atoms with van der Waals surface area (Å²) in [5.41, 5.74) is 8.54. The third-order valence-corrected chi connectivity index (χ3v) is 3.77. The molecule has 0 spiro atoms. The maximum absolute atomic E-state index is 5.76. The minimum atomic E-state index is 0.231. The van der Waals surface area contributed by atoms with Gasteiger partial charge >= 0.3 is 0 Å². The van der Waals surface area contributed by atoms with Crippen LogP contribution in [0.5, 0.6) is 5.75 Å². The predicted molar refractivity (Wildman–Crippen MR) is 74.5 cm³/mol. The minimum Gasteiger partial charge on any atom is -0.493 e. The SMILES string of the molecule is CC(C)(CCN)Cc1cc(Br)cc2c1OCC2. The van der Waals surface area contributed by atoms with E-state index in [0.29, 0.717) is 0 Å². The first-order valence-corrected chi connectivity index (χ1v) is 6.95. The van der Waals surface area contributed by atoms with Crippen LogP contribution in [0.1, 0.15) is 31.4 Å². The second-order valence-electron chi connectivity index (χ2n) is 5.53. The van der Waals surface area contributed by atoms with E-state index in [9.17, 15) is 0 Å². The lowest BCUT2D eigenvalue weighted by atomic mass is 9.82. The molecule has 17 heavy (non-hydrogen) atoms. The first-order chi connectivity index (χ1) is 8.02. The molecule has 1 heterocycles. The molecule has 0 amide bonds. The molecule has 94 valence electrons. The highest BCUT2D eigenvalue weighted by atomic mass is 79.9. The Balaban J connectivity index is 2.27. The lowest BCUT2D eigenvalue weighted by Crippen LogP contribution is -2.20. The first-order valence-electron chi connectivity index (χ1n) is 6.16. The maximum atomic E-state index is 5.76. The molecule has 0 saturated heterocycles. The Kier molecular flexibility index (Phi) is 3.79. The quantitative estimate of drug-likeness (QED) is 0.925. The monoisotopic (exact) mass is 297 g/mol. The maximum Gasteiger partial charge on any atom is 0.125 e. The van der Waals surface area contributed by atoms with Crippen LogP contribution in [0.4, 0.5) is 0 Å². The molecule has 2 nitrogen and oxygen atoms in total. The first kappa shape index (κ1) is 12.9. The van der Waals surface area contributed by atoms with Gasteiger partial charge in [0.1, 0.15) is 5.75 Å². The summed E-state index contributed by atoms with van der Waals surface area (Å²) in [6, 6.07) is 4.35. The highest BCUT2D eigenvalue weighted by molar-refractivity contribution is 9.10. The largest absolute Gasteiger partial charge is 0.493 e. The van der Waals surface area contributed by atoms with Crippen molar-refractivity contribution in [2.45, 2.75) is 33.1 Å². The van der Waals surface area contributed by atoms with E-state index in [0.717, 1.165) is 42.6 Å². The van der Waals surface area contributed by atoms with Crippen molar-refractivity contribution in [1.82, 2.24) is 0 Å². The fraction of sp³-hybridized carbons (Fsp3) is 0.571. The molecule has 0 unspecified atom stereocenters. The Morgan fingerprint density at radius 2 is 2.18 bits per heavy atom. The van der Waals surface area contributed by atoms with Crippen molar-refractivity contribution in [3.8, 4) is 5.75 Å². The molecule has 1 aliphatic heterocycles. The lowest BCUT2D eigenvalue weighted by molar-refractivity contribution is 0.320. The Morgan fingerprint density at radius 1 is 1.41 bits per heavy atom. The van der Waals surface area contributed by atoms with Crippen LogP contribution in [0.2, 0.25) is 0 Å². The van der Waals surface area contributed by atoms with E-state index in [-0.39, 0.29) is 5.41 Å². The predicted octanol–water partition coefficient (Wildman–Crippen LogP) is 3.30. The van der Waals surface area contributed by atoms with Gasteiger partial charge in [0.05, 0.1) is 6.61 Å². The van der Waals surface area contributed by atoms with Crippen molar-refractivity contribution >= 4 is 15.9 Å². The van der Waals surface area contributed by atoms with Crippen molar-refractivity contribution in [1.29, 1.82) is 0 Å². The van der Waals surface area contributed by atoms with Crippen molar-refractivity contribution in [2.75, 3.05) is 13.2 Å². The average Bonchev–Trinajstić information content (AvgIpc) is 2.64. The van der Waals surface area contributed by atoms with Crippen molar-refractivity contribution < 1.29 is 4.74 Å². The summed E-state index contributed by atoms with van der Waals surface area (Å²) in [7, 11) is 0. The van der Waals surface area contributed by atoms with Gasteiger partial charge < -0.3 is 10.5 Å². The molecule has 0 radical (unpaired) electrons. The van der Waals surface area contributed by atoms with Gasteiger partial charge in [-0.2, -0.15) is 0 Å². The van der Waals surface area contributed by atoms with Crippen LogP contribution in [-0.4, -0.2) is 13.2 Å². The molecular weight excluding hydrogens is 278 g/mol. The van der Waals surface area contributed by atoms with Crippen LogP contribution in [0.15, 0.2) is 16.6 Å². The van der Waals surface area contributed by atoms with E-state index in [2.05, 4.69) is 41.9 Å². The molecule has 1 aromatic carbocycles. The topological polar surface area (TPSA) is 35.2 Å². The van der Waals surface area contributed by atoms with Crippen LogP contribution in [-0.2, 0) is 12.8 Å². The molecule has 1 aromatic rings. The Hall–Kier alpha value is -0.540. The minimum absolute atomic E-state index is 0.231. The third-order valence-electron chi connectivity index (χ3n) is 3.32. The number of benzene rings is 1. The molecule has 0 atom stereocenters. The van der Waals surface area contributed by atoms with E-state index in [1.54, 1.807) is 0 Å². The summed E-state index contributed by atoms with van der Waals surface area (Å²) in [6.45, 7) is 6.09. The van der Waals surface area contributed by atoms with E-state index >= 15 is 0 Å². The van der Waals surface area contributed by atoms with Gasteiger partial charge in [-0.05, 0) is 48.1 Å². The van der Waals surface area contributed by atoms with Gasteiger partial charge in [-0.1, -0.05) is 29.8 Å². The molecule has 3 heteroatoms. The number of hydrogen-bond donors (Lipinski definition) is 1. The summed E-state index contributed by atoms with van der Waals surface area (Å²) >= 11 is 3.58. The standard InChI is InChI=1S/C14H20BrNO/c1-14(2,4-5-16)9-11-8-12(15)7-10-3-6-17-13(10)11/h7-8H,3-6,9,16H2,1-2H3.